The van der Waals surface area contributed by atoms with Crippen molar-refractivity contribution in [3.8, 4) is 0 Å². The van der Waals surface area contributed by atoms with Crippen molar-refractivity contribution in [3.63, 3.8) is 0 Å². The fraction of sp³-hybridized carbons (Fsp3) is 0.632. The molecule has 152 valence electrons. The lowest BCUT2D eigenvalue weighted by molar-refractivity contribution is -0.136. The first kappa shape index (κ1) is 19.2. The summed E-state index contributed by atoms with van der Waals surface area (Å²) in [5.74, 6) is 0.611. The summed E-state index contributed by atoms with van der Waals surface area (Å²) < 4.78 is 43.3. The number of hydrogen-bond acceptors (Lipinski definition) is 4. The summed E-state index contributed by atoms with van der Waals surface area (Å²) in [6.45, 7) is 1.69. The fourth-order valence-corrected chi connectivity index (χ4v) is 4.15. The van der Waals surface area contributed by atoms with Crippen molar-refractivity contribution in [2.24, 2.45) is 20.0 Å². The van der Waals surface area contributed by atoms with Gasteiger partial charge >= 0.3 is 11.9 Å². The number of aryl methyl sites for hydroxylation is 1. The Bertz CT molecular complexity index is 1040. The van der Waals surface area contributed by atoms with Gasteiger partial charge in [-0.1, -0.05) is 6.42 Å². The van der Waals surface area contributed by atoms with Gasteiger partial charge in [0.2, 0.25) is 0 Å². The maximum absolute atomic E-state index is 13.8. The molecule has 0 amide bonds. The molecule has 28 heavy (non-hydrogen) atoms. The highest BCUT2D eigenvalue weighted by atomic mass is 19.4. The van der Waals surface area contributed by atoms with Crippen molar-refractivity contribution in [2.75, 3.05) is 13.1 Å². The van der Waals surface area contributed by atoms with Crippen molar-refractivity contribution >= 4 is 11.0 Å². The van der Waals surface area contributed by atoms with Crippen molar-refractivity contribution in [1.29, 1.82) is 0 Å². The molecule has 0 radical (unpaired) electrons. The second-order valence-corrected chi connectivity index (χ2v) is 7.95. The largest absolute Gasteiger partial charge is 0.417 e. The van der Waals surface area contributed by atoms with Crippen molar-refractivity contribution < 1.29 is 13.2 Å². The molecule has 2 aromatic heterocycles. The van der Waals surface area contributed by atoms with Gasteiger partial charge in [0, 0.05) is 20.6 Å². The van der Waals surface area contributed by atoms with E-state index in [1.165, 1.54) is 14.1 Å². The van der Waals surface area contributed by atoms with Crippen molar-refractivity contribution in [1.82, 2.24) is 19.0 Å². The highest BCUT2D eigenvalue weighted by molar-refractivity contribution is 5.79. The molecule has 2 aliphatic rings. The highest BCUT2D eigenvalue weighted by Crippen LogP contribution is 2.39. The van der Waals surface area contributed by atoms with Crippen LogP contribution in [0, 0.1) is 5.92 Å². The van der Waals surface area contributed by atoms with Gasteiger partial charge in [-0.2, -0.15) is 13.2 Å². The van der Waals surface area contributed by atoms with E-state index >= 15 is 0 Å². The maximum Gasteiger partial charge on any atom is 0.417 e. The van der Waals surface area contributed by atoms with E-state index in [4.69, 9.17) is 0 Å². The molecule has 0 bridgehead atoms. The number of pyridine rings is 1. The zero-order valence-electron chi connectivity index (χ0n) is 15.9. The van der Waals surface area contributed by atoms with E-state index in [0.29, 0.717) is 16.2 Å². The Hall–Kier alpha value is -2.16. The Morgan fingerprint density at radius 3 is 2.46 bits per heavy atom. The zero-order valence-corrected chi connectivity index (χ0v) is 15.9. The topological polar surface area (TPSA) is 60.1 Å². The molecular weight excluding hydrogens is 373 g/mol. The van der Waals surface area contributed by atoms with Crippen LogP contribution in [0.1, 0.15) is 49.4 Å². The first-order chi connectivity index (χ1) is 13.2. The molecule has 1 aliphatic carbocycles. The van der Waals surface area contributed by atoms with Gasteiger partial charge in [-0.05, 0) is 44.2 Å². The molecule has 3 heterocycles. The molecule has 1 saturated carbocycles. The lowest BCUT2D eigenvalue weighted by atomic mass is 9.96. The summed E-state index contributed by atoms with van der Waals surface area (Å²) in [5, 5.41) is -0.551. The van der Waals surface area contributed by atoms with E-state index in [9.17, 15) is 22.8 Å². The first-order valence-corrected chi connectivity index (χ1v) is 9.60. The number of nitrogens with zero attached hydrogens (tertiary/aromatic N) is 4. The van der Waals surface area contributed by atoms with E-state index < -0.39 is 28.4 Å². The van der Waals surface area contributed by atoms with Crippen molar-refractivity contribution in [3.05, 3.63) is 38.2 Å². The van der Waals surface area contributed by atoms with Gasteiger partial charge in [-0.25, -0.2) is 9.78 Å². The number of likely N-dealkylation sites (tertiary alicyclic amines) is 1. The van der Waals surface area contributed by atoms with Crippen LogP contribution >= 0.6 is 0 Å². The predicted molar refractivity (Wildman–Crippen MR) is 98.1 cm³/mol. The Kier molecular flexibility index (Phi) is 4.60. The van der Waals surface area contributed by atoms with Crippen LogP contribution in [0.25, 0.3) is 11.0 Å². The Morgan fingerprint density at radius 1 is 1.11 bits per heavy atom. The minimum atomic E-state index is -4.71. The third-order valence-corrected chi connectivity index (χ3v) is 5.88. The van der Waals surface area contributed by atoms with Gasteiger partial charge in [0.25, 0.3) is 5.56 Å². The third-order valence-electron chi connectivity index (χ3n) is 5.88. The molecule has 0 N–H and O–H groups in total. The van der Waals surface area contributed by atoms with Crippen LogP contribution in [0.5, 0.6) is 0 Å². The molecule has 0 unspecified atom stereocenters. The van der Waals surface area contributed by atoms with Crippen LogP contribution in [-0.4, -0.2) is 32.1 Å². The van der Waals surface area contributed by atoms with Crippen LogP contribution in [-0.2, 0) is 20.3 Å². The molecule has 4 rings (SSSR count). The second kappa shape index (κ2) is 6.72. The Labute approximate surface area is 159 Å². The quantitative estimate of drug-likeness (QED) is 0.800. The van der Waals surface area contributed by atoms with Crippen LogP contribution in [0.2, 0.25) is 0 Å². The molecule has 1 atom stereocenters. The zero-order chi connectivity index (χ0) is 20.2. The normalized spacial score (nSPS) is 21.4. The minimum Gasteiger partial charge on any atom is -0.294 e. The Balaban J connectivity index is 1.94. The van der Waals surface area contributed by atoms with Gasteiger partial charge in [-0.3, -0.25) is 18.8 Å². The molecule has 0 aromatic carbocycles. The maximum atomic E-state index is 13.8. The third kappa shape index (κ3) is 3.25. The number of halogens is 3. The summed E-state index contributed by atoms with van der Waals surface area (Å²) in [4.78, 5) is 31.4. The second-order valence-electron chi connectivity index (χ2n) is 7.95. The van der Waals surface area contributed by atoms with Crippen LogP contribution < -0.4 is 11.2 Å². The number of aromatic nitrogens is 3. The number of rotatable bonds is 3. The summed E-state index contributed by atoms with van der Waals surface area (Å²) in [6.07, 6.45) is 0.264. The first-order valence-electron chi connectivity index (χ1n) is 9.60. The number of alkyl halides is 3. The van der Waals surface area contributed by atoms with Gasteiger partial charge in [0.1, 0.15) is 5.65 Å². The number of piperidine rings is 1. The van der Waals surface area contributed by atoms with E-state index in [2.05, 4.69) is 9.88 Å². The molecule has 0 spiro atoms. The molecule has 2 aromatic rings. The molecule has 1 aliphatic heterocycles. The van der Waals surface area contributed by atoms with Crippen LogP contribution in [0.15, 0.2) is 15.7 Å². The summed E-state index contributed by atoms with van der Waals surface area (Å²) in [6, 6.07) is 0.795. The standard InChI is InChI=1S/C19H23F3N4O2/c1-24-16-15(17(27)25(2)18(24)28)12(19(20,21)22)9-13(23-16)14-5-3-4-8-26(14)10-11-6-7-11/h9,11,14H,3-8,10H2,1-2H3/t14-/m1/s1. The van der Waals surface area contributed by atoms with E-state index in [1.807, 2.05) is 0 Å². The number of hydrogen-bond donors (Lipinski definition) is 0. The highest BCUT2D eigenvalue weighted by Gasteiger charge is 2.38. The average Bonchev–Trinajstić information content (AvgIpc) is 3.47. The van der Waals surface area contributed by atoms with Crippen molar-refractivity contribution in [2.45, 2.75) is 44.3 Å². The van der Waals surface area contributed by atoms with Gasteiger partial charge < -0.3 is 0 Å². The average molecular weight is 396 g/mol. The minimum absolute atomic E-state index is 0.199. The SMILES string of the molecule is Cn1c(=O)c2c(C(F)(F)F)cc([C@H]3CCCCN3CC3CC3)nc2n(C)c1=O. The monoisotopic (exact) mass is 396 g/mol. The van der Waals surface area contributed by atoms with Gasteiger partial charge in [-0.15, -0.1) is 0 Å². The van der Waals surface area contributed by atoms with Gasteiger partial charge in [0.15, 0.2) is 0 Å². The summed E-state index contributed by atoms with van der Waals surface area (Å²) in [5.41, 5.74) is -2.57. The van der Waals surface area contributed by atoms with E-state index in [1.54, 1.807) is 0 Å². The Morgan fingerprint density at radius 2 is 1.82 bits per heavy atom. The predicted octanol–water partition coefficient (Wildman–Crippen LogP) is 2.59. The smallest absolute Gasteiger partial charge is 0.294 e. The summed E-state index contributed by atoms with van der Waals surface area (Å²) in [7, 11) is 2.53. The molecule has 2 fully saturated rings. The van der Waals surface area contributed by atoms with Crippen LogP contribution in [0.3, 0.4) is 0 Å². The van der Waals surface area contributed by atoms with Crippen LogP contribution in [0.4, 0.5) is 13.2 Å². The molecule has 6 nitrogen and oxygen atoms in total. The number of fused-ring (bicyclic) bond motifs is 1. The van der Waals surface area contributed by atoms with E-state index in [0.717, 1.165) is 55.8 Å². The molecular formula is C19H23F3N4O2. The lowest BCUT2D eigenvalue weighted by Crippen LogP contribution is -2.39. The lowest BCUT2D eigenvalue weighted by Gasteiger charge is -2.35. The van der Waals surface area contributed by atoms with E-state index in [-0.39, 0.29) is 11.7 Å². The molecule has 9 heteroatoms. The molecule has 1 saturated heterocycles. The fourth-order valence-electron chi connectivity index (χ4n) is 4.15. The summed E-state index contributed by atoms with van der Waals surface area (Å²) >= 11 is 0. The van der Waals surface area contributed by atoms with Gasteiger partial charge in [0.05, 0.1) is 22.7 Å².